The van der Waals surface area contributed by atoms with E-state index in [9.17, 15) is 0 Å². The summed E-state index contributed by atoms with van der Waals surface area (Å²) in [5, 5.41) is 9.70. The monoisotopic (exact) mass is 312 g/mol. The van der Waals surface area contributed by atoms with E-state index in [0.717, 1.165) is 50.9 Å². The molecule has 0 unspecified atom stereocenters. The van der Waals surface area contributed by atoms with Crippen LogP contribution < -0.4 is 15.4 Å². The molecule has 3 rings (SSSR count). The molecular weight excluding hydrogens is 284 g/mol. The standard InChI is InChI=1S/C20H28N2O/c1-2-13-23-20-8-7-17-5-3-4-6-18(17)19(20)15-22-14-16-9-11-21-12-10-16/h3-8,16,21-22H,2,9-15H2,1H3. The van der Waals surface area contributed by atoms with Gasteiger partial charge in [0.1, 0.15) is 5.75 Å². The summed E-state index contributed by atoms with van der Waals surface area (Å²) in [6.07, 6.45) is 3.60. The number of benzene rings is 2. The summed E-state index contributed by atoms with van der Waals surface area (Å²) in [6, 6.07) is 12.9. The van der Waals surface area contributed by atoms with E-state index < -0.39 is 0 Å². The smallest absolute Gasteiger partial charge is 0.124 e. The van der Waals surface area contributed by atoms with Gasteiger partial charge >= 0.3 is 0 Å². The molecule has 1 saturated heterocycles. The van der Waals surface area contributed by atoms with Crippen molar-refractivity contribution in [1.82, 2.24) is 10.6 Å². The first kappa shape index (κ1) is 16.3. The highest BCUT2D eigenvalue weighted by molar-refractivity contribution is 5.87. The number of rotatable bonds is 7. The fourth-order valence-corrected chi connectivity index (χ4v) is 3.33. The summed E-state index contributed by atoms with van der Waals surface area (Å²) in [5.41, 5.74) is 1.30. The predicted molar refractivity (Wildman–Crippen MR) is 97.0 cm³/mol. The van der Waals surface area contributed by atoms with Gasteiger partial charge in [0.05, 0.1) is 6.61 Å². The molecule has 1 fully saturated rings. The SMILES string of the molecule is CCCOc1ccc2ccccc2c1CNCC1CCNCC1. The summed E-state index contributed by atoms with van der Waals surface area (Å²) in [6.45, 7) is 7.22. The fraction of sp³-hybridized carbons (Fsp3) is 0.500. The predicted octanol–water partition coefficient (Wildman–Crippen LogP) is 3.72. The van der Waals surface area contributed by atoms with Gasteiger partial charge in [0.25, 0.3) is 0 Å². The lowest BCUT2D eigenvalue weighted by molar-refractivity contribution is 0.312. The van der Waals surface area contributed by atoms with E-state index in [2.05, 4.69) is 54.0 Å². The van der Waals surface area contributed by atoms with Gasteiger partial charge in [-0.05, 0) is 61.7 Å². The third-order valence-electron chi connectivity index (χ3n) is 4.65. The van der Waals surface area contributed by atoms with Crippen LogP contribution in [0.4, 0.5) is 0 Å². The number of fused-ring (bicyclic) bond motifs is 1. The Morgan fingerprint density at radius 2 is 1.96 bits per heavy atom. The zero-order valence-corrected chi connectivity index (χ0v) is 14.1. The van der Waals surface area contributed by atoms with Crippen molar-refractivity contribution in [2.45, 2.75) is 32.7 Å². The van der Waals surface area contributed by atoms with Crippen LogP contribution in [0.3, 0.4) is 0 Å². The molecule has 0 radical (unpaired) electrons. The van der Waals surface area contributed by atoms with E-state index in [-0.39, 0.29) is 0 Å². The minimum atomic E-state index is 0.777. The van der Waals surface area contributed by atoms with E-state index in [1.165, 1.54) is 29.2 Å². The van der Waals surface area contributed by atoms with Crippen LogP contribution in [-0.4, -0.2) is 26.2 Å². The van der Waals surface area contributed by atoms with Crippen molar-refractivity contribution in [3.05, 3.63) is 42.0 Å². The Kier molecular flexibility index (Phi) is 5.89. The van der Waals surface area contributed by atoms with Crippen LogP contribution in [0.25, 0.3) is 10.8 Å². The molecule has 2 aromatic rings. The lowest BCUT2D eigenvalue weighted by Gasteiger charge is -2.23. The average molecular weight is 312 g/mol. The first-order valence-electron chi connectivity index (χ1n) is 8.93. The lowest BCUT2D eigenvalue weighted by atomic mass is 9.98. The molecule has 0 aliphatic carbocycles. The minimum absolute atomic E-state index is 0.777. The molecule has 2 N–H and O–H groups in total. The van der Waals surface area contributed by atoms with Crippen molar-refractivity contribution < 1.29 is 4.74 Å². The first-order chi connectivity index (χ1) is 11.4. The van der Waals surface area contributed by atoms with Gasteiger partial charge in [0.2, 0.25) is 0 Å². The third kappa shape index (κ3) is 4.24. The quantitative estimate of drug-likeness (QED) is 0.817. The molecule has 0 atom stereocenters. The van der Waals surface area contributed by atoms with Crippen molar-refractivity contribution in [3.8, 4) is 5.75 Å². The second kappa shape index (κ2) is 8.32. The second-order valence-electron chi connectivity index (χ2n) is 6.44. The van der Waals surface area contributed by atoms with Crippen molar-refractivity contribution in [2.24, 2.45) is 5.92 Å². The molecule has 124 valence electrons. The molecule has 0 spiro atoms. The summed E-state index contributed by atoms with van der Waals surface area (Å²) in [7, 11) is 0. The van der Waals surface area contributed by atoms with Gasteiger partial charge < -0.3 is 15.4 Å². The van der Waals surface area contributed by atoms with E-state index in [0.29, 0.717) is 0 Å². The Morgan fingerprint density at radius 1 is 1.13 bits per heavy atom. The first-order valence-corrected chi connectivity index (χ1v) is 8.93. The van der Waals surface area contributed by atoms with Crippen LogP contribution in [0.15, 0.2) is 36.4 Å². The Balaban J connectivity index is 1.73. The maximum absolute atomic E-state index is 5.99. The molecule has 1 aliphatic heterocycles. The van der Waals surface area contributed by atoms with Crippen molar-refractivity contribution in [2.75, 3.05) is 26.2 Å². The van der Waals surface area contributed by atoms with Crippen molar-refractivity contribution in [3.63, 3.8) is 0 Å². The van der Waals surface area contributed by atoms with E-state index in [1.807, 2.05) is 0 Å². The zero-order valence-electron chi connectivity index (χ0n) is 14.1. The second-order valence-corrected chi connectivity index (χ2v) is 6.44. The number of hydrogen-bond acceptors (Lipinski definition) is 3. The van der Waals surface area contributed by atoms with Crippen molar-refractivity contribution >= 4 is 10.8 Å². The normalized spacial score (nSPS) is 15.9. The van der Waals surface area contributed by atoms with Crippen LogP contribution in [0.5, 0.6) is 5.75 Å². The highest BCUT2D eigenvalue weighted by Gasteiger charge is 2.13. The van der Waals surface area contributed by atoms with Crippen LogP contribution >= 0.6 is 0 Å². The maximum atomic E-state index is 5.99. The molecule has 2 aromatic carbocycles. The van der Waals surface area contributed by atoms with Crippen LogP contribution in [0, 0.1) is 5.92 Å². The van der Waals surface area contributed by atoms with Gasteiger partial charge in [-0.2, -0.15) is 0 Å². The van der Waals surface area contributed by atoms with E-state index >= 15 is 0 Å². The molecule has 0 amide bonds. The number of piperidine rings is 1. The topological polar surface area (TPSA) is 33.3 Å². The summed E-state index contributed by atoms with van der Waals surface area (Å²) in [5.74, 6) is 1.83. The maximum Gasteiger partial charge on any atom is 0.124 e. The molecule has 1 heterocycles. The van der Waals surface area contributed by atoms with Gasteiger partial charge in [0.15, 0.2) is 0 Å². The molecule has 3 nitrogen and oxygen atoms in total. The Hall–Kier alpha value is -1.58. The lowest BCUT2D eigenvalue weighted by Crippen LogP contribution is -2.33. The van der Waals surface area contributed by atoms with Crippen LogP contribution in [-0.2, 0) is 6.54 Å². The average Bonchev–Trinajstić information content (AvgIpc) is 2.61. The van der Waals surface area contributed by atoms with Gasteiger partial charge in [-0.25, -0.2) is 0 Å². The fourth-order valence-electron chi connectivity index (χ4n) is 3.33. The molecule has 3 heteroatoms. The number of ether oxygens (including phenoxy) is 1. The molecule has 0 saturated carbocycles. The number of nitrogens with one attached hydrogen (secondary N) is 2. The van der Waals surface area contributed by atoms with Gasteiger partial charge in [-0.3, -0.25) is 0 Å². The molecule has 23 heavy (non-hydrogen) atoms. The molecular formula is C20H28N2O. The Morgan fingerprint density at radius 3 is 2.78 bits per heavy atom. The third-order valence-corrected chi connectivity index (χ3v) is 4.65. The van der Waals surface area contributed by atoms with Crippen LogP contribution in [0.2, 0.25) is 0 Å². The molecule has 1 aliphatic rings. The van der Waals surface area contributed by atoms with E-state index in [4.69, 9.17) is 4.74 Å². The minimum Gasteiger partial charge on any atom is -0.493 e. The van der Waals surface area contributed by atoms with Crippen LogP contribution in [0.1, 0.15) is 31.7 Å². The van der Waals surface area contributed by atoms with Crippen molar-refractivity contribution in [1.29, 1.82) is 0 Å². The van der Waals surface area contributed by atoms with Gasteiger partial charge in [-0.15, -0.1) is 0 Å². The summed E-state index contributed by atoms with van der Waals surface area (Å²) < 4.78 is 5.99. The Bertz CT molecular complexity index is 620. The highest BCUT2D eigenvalue weighted by Crippen LogP contribution is 2.28. The van der Waals surface area contributed by atoms with Gasteiger partial charge in [0, 0.05) is 12.1 Å². The van der Waals surface area contributed by atoms with Gasteiger partial charge in [-0.1, -0.05) is 37.3 Å². The van der Waals surface area contributed by atoms with E-state index in [1.54, 1.807) is 0 Å². The number of hydrogen-bond donors (Lipinski definition) is 2. The molecule has 0 bridgehead atoms. The highest BCUT2D eigenvalue weighted by atomic mass is 16.5. The summed E-state index contributed by atoms with van der Waals surface area (Å²) in [4.78, 5) is 0. The Labute approximate surface area is 139 Å². The zero-order chi connectivity index (χ0) is 15.9. The largest absolute Gasteiger partial charge is 0.493 e. The summed E-state index contributed by atoms with van der Waals surface area (Å²) >= 11 is 0. The molecule has 0 aromatic heterocycles.